The standard InChI is InChI=1S/C31H36N4O5S/c1-20-23(16-11-17-25(20)36)28(38)32-24(18-21-12-7-5-8-13-21)26(37)30(40)35-19-41-31(2,3)27(35)29(39)33-34(4)22-14-9-6-10-15-22/h5-17,24,26-27,36-37H,18-19H2,1-4H3,(H,32,38)(H,33,39)/t24?,26-,27+/m0/s1. The van der Waals surface area contributed by atoms with Crippen LogP contribution in [-0.4, -0.2) is 68.7 Å². The largest absolute Gasteiger partial charge is 0.508 e. The lowest BCUT2D eigenvalue weighted by Gasteiger charge is -2.34. The van der Waals surface area contributed by atoms with Crippen LogP contribution < -0.4 is 15.8 Å². The number of amides is 3. The molecule has 41 heavy (non-hydrogen) atoms. The molecule has 3 aromatic carbocycles. The van der Waals surface area contributed by atoms with Gasteiger partial charge in [-0.1, -0.05) is 54.6 Å². The number of aliphatic hydroxyl groups excluding tert-OH is 1. The predicted octanol–water partition coefficient (Wildman–Crippen LogP) is 3.25. The molecule has 1 fully saturated rings. The van der Waals surface area contributed by atoms with E-state index in [2.05, 4.69) is 10.7 Å². The van der Waals surface area contributed by atoms with Crippen LogP contribution in [0, 0.1) is 6.92 Å². The van der Waals surface area contributed by atoms with Crippen molar-refractivity contribution >= 4 is 35.2 Å². The number of anilines is 1. The summed E-state index contributed by atoms with van der Waals surface area (Å²) in [6.45, 7) is 5.40. The monoisotopic (exact) mass is 576 g/mol. The fraction of sp³-hybridized carbons (Fsp3) is 0.323. The summed E-state index contributed by atoms with van der Waals surface area (Å²) >= 11 is 1.44. The molecule has 1 aliphatic heterocycles. The Morgan fingerprint density at radius 1 is 1.02 bits per heavy atom. The minimum Gasteiger partial charge on any atom is -0.508 e. The molecule has 0 spiro atoms. The lowest BCUT2D eigenvalue weighted by molar-refractivity contribution is -0.147. The van der Waals surface area contributed by atoms with Crippen LogP contribution in [-0.2, 0) is 16.0 Å². The first-order chi connectivity index (χ1) is 19.5. The minimum absolute atomic E-state index is 0.0282. The van der Waals surface area contributed by atoms with Gasteiger partial charge in [0.25, 0.3) is 17.7 Å². The summed E-state index contributed by atoms with van der Waals surface area (Å²) in [6.07, 6.45) is -1.46. The first kappa shape index (κ1) is 30.0. The zero-order valence-corrected chi connectivity index (χ0v) is 24.4. The summed E-state index contributed by atoms with van der Waals surface area (Å²) in [4.78, 5) is 42.0. The molecular weight excluding hydrogens is 540 g/mol. The van der Waals surface area contributed by atoms with Gasteiger partial charge in [0, 0.05) is 22.9 Å². The first-order valence-corrected chi connectivity index (χ1v) is 14.3. The SMILES string of the molecule is Cc1c(O)cccc1C(=O)NC(Cc1ccccc1)[C@H](O)C(=O)N1CSC(C)(C)[C@H]1C(=O)NN(C)c1ccccc1. The number of aromatic hydroxyl groups is 1. The number of benzene rings is 3. The Morgan fingerprint density at radius 2 is 1.66 bits per heavy atom. The Kier molecular flexibility index (Phi) is 9.25. The Morgan fingerprint density at radius 3 is 2.32 bits per heavy atom. The van der Waals surface area contributed by atoms with E-state index in [9.17, 15) is 24.6 Å². The zero-order valence-electron chi connectivity index (χ0n) is 23.6. The predicted molar refractivity (Wildman–Crippen MR) is 160 cm³/mol. The van der Waals surface area contributed by atoms with Crippen molar-refractivity contribution in [1.82, 2.24) is 15.6 Å². The van der Waals surface area contributed by atoms with Crippen molar-refractivity contribution in [3.05, 3.63) is 95.6 Å². The van der Waals surface area contributed by atoms with Gasteiger partial charge in [-0.25, -0.2) is 0 Å². The molecule has 4 rings (SSSR count). The van der Waals surface area contributed by atoms with E-state index in [1.807, 2.05) is 74.5 Å². The molecule has 10 heteroatoms. The van der Waals surface area contributed by atoms with Gasteiger partial charge in [-0.15, -0.1) is 11.8 Å². The number of carbonyl (C=O) groups is 3. The Bertz CT molecular complexity index is 1390. The van der Waals surface area contributed by atoms with Crippen LogP contribution in [0.3, 0.4) is 0 Å². The van der Waals surface area contributed by atoms with Gasteiger partial charge in [-0.05, 0) is 57.0 Å². The van der Waals surface area contributed by atoms with Crippen LogP contribution in [0.2, 0.25) is 0 Å². The van der Waals surface area contributed by atoms with Crippen LogP contribution in [0.15, 0.2) is 78.9 Å². The summed E-state index contributed by atoms with van der Waals surface area (Å²) in [5, 5.41) is 25.9. The highest BCUT2D eigenvalue weighted by molar-refractivity contribution is 8.00. The van der Waals surface area contributed by atoms with E-state index in [-0.39, 0.29) is 29.5 Å². The fourth-order valence-electron chi connectivity index (χ4n) is 4.92. The number of hydrogen-bond acceptors (Lipinski definition) is 7. The highest BCUT2D eigenvalue weighted by Gasteiger charge is 2.50. The molecule has 3 aromatic rings. The number of carbonyl (C=O) groups excluding carboxylic acids is 3. The Balaban J connectivity index is 1.57. The van der Waals surface area contributed by atoms with Crippen LogP contribution >= 0.6 is 11.8 Å². The molecule has 0 aliphatic carbocycles. The molecule has 3 atom stereocenters. The number of hydrogen-bond donors (Lipinski definition) is 4. The van der Waals surface area contributed by atoms with Gasteiger partial charge in [0.15, 0.2) is 6.10 Å². The number of nitrogens with one attached hydrogen (secondary N) is 2. The molecule has 0 bridgehead atoms. The first-order valence-electron chi connectivity index (χ1n) is 13.3. The van der Waals surface area contributed by atoms with E-state index >= 15 is 0 Å². The number of rotatable bonds is 9. The van der Waals surface area contributed by atoms with Crippen LogP contribution in [0.1, 0.15) is 35.3 Å². The molecule has 0 saturated carbocycles. The second kappa shape index (κ2) is 12.7. The molecule has 1 aliphatic rings. The smallest absolute Gasteiger partial charge is 0.262 e. The fourth-order valence-corrected chi connectivity index (χ4v) is 6.06. The lowest BCUT2D eigenvalue weighted by Crippen LogP contribution is -2.60. The zero-order chi connectivity index (χ0) is 29.7. The van der Waals surface area contributed by atoms with Crippen molar-refractivity contribution in [3.63, 3.8) is 0 Å². The van der Waals surface area contributed by atoms with E-state index in [1.54, 1.807) is 31.1 Å². The topological polar surface area (TPSA) is 122 Å². The number of phenolic OH excluding ortho intramolecular Hbond substituents is 1. The molecule has 0 aromatic heterocycles. The van der Waals surface area contributed by atoms with Crippen molar-refractivity contribution in [2.45, 2.75) is 50.1 Å². The maximum atomic E-state index is 13.9. The maximum Gasteiger partial charge on any atom is 0.262 e. The molecule has 9 nitrogen and oxygen atoms in total. The van der Waals surface area contributed by atoms with E-state index in [0.29, 0.717) is 5.56 Å². The van der Waals surface area contributed by atoms with E-state index < -0.39 is 34.7 Å². The molecular formula is C31H36N4O5S. The molecule has 1 saturated heterocycles. The van der Waals surface area contributed by atoms with E-state index in [0.717, 1.165) is 11.3 Å². The van der Waals surface area contributed by atoms with Gasteiger partial charge in [0.1, 0.15) is 11.8 Å². The van der Waals surface area contributed by atoms with Gasteiger partial charge < -0.3 is 20.4 Å². The highest BCUT2D eigenvalue weighted by atomic mass is 32.2. The number of nitrogens with zero attached hydrogens (tertiary/aromatic N) is 2. The molecule has 1 unspecified atom stereocenters. The van der Waals surface area contributed by atoms with Crippen LogP contribution in [0.4, 0.5) is 5.69 Å². The third kappa shape index (κ3) is 6.83. The number of aliphatic hydroxyl groups is 1. The second-order valence-electron chi connectivity index (χ2n) is 10.6. The van der Waals surface area contributed by atoms with E-state index in [1.165, 1.54) is 22.7 Å². The molecule has 216 valence electrons. The summed E-state index contributed by atoms with van der Waals surface area (Å²) < 4.78 is -0.631. The minimum atomic E-state index is -1.63. The van der Waals surface area contributed by atoms with Crippen molar-refractivity contribution in [2.24, 2.45) is 0 Å². The lowest BCUT2D eigenvalue weighted by atomic mass is 9.96. The maximum absolute atomic E-state index is 13.9. The van der Waals surface area contributed by atoms with Gasteiger partial charge in [-0.2, -0.15) is 0 Å². The quantitative estimate of drug-likeness (QED) is 0.289. The normalized spacial score (nSPS) is 17.4. The molecule has 3 amide bonds. The van der Waals surface area contributed by atoms with Crippen molar-refractivity contribution in [1.29, 1.82) is 0 Å². The van der Waals surface area contributed by atoms with Gasteiger partial charge in [-0.3, -0.25) is 24.8 Å². The van der Waals surface area contributed by atoms with Crippen LogP contribution in [0.5, 0.6) is 5.75 Å². The van der Waals surface area contributed by atoms with E-state index in [4.69, 9.17) is 0 Å². The average molecular weight is 577 g/mol. The number of para-hydroxylation sites is 1. The summed E-state index contributed by atoms with van der Waals surface area (Å²) in [5.41, 5.74) is 5.08. The molecule has 1 heterocycles. The third-order valence-electron chi connectivity index (χ3n) is 7.30. The highest BCUT2D eigenvalue weighted by Crippen LogP contribution is 2.40. The average Bonchev–Trinajstić information content (AvgIpc) is 3.29. The van der Waals surface area contributed by atoms with Gasteiger partial charge >= 0.3 is 0 Å². The summed E-state index contributed by atoms with van der Waals surface area (Å²) in [6, 6.07) is 21.3. The molecule has 4 N–H and O–H groups in total. The number of thioether (sulfide) groups is 1. The Labute approximate surface area is 244 Å². The third-order valence-corrected chi connectivity index (χ3v) is 8.67. The molecule has 0 radical (unpaired) electrons. The summed E-state index contributed by atoms with van der Waals surface area (Å²) in [7, 11) is 1.72. The van der Waals surface area contributed by atoms with Gasteiger partial charge in [0.05, 0.1) is 17.6 Å². The van der Waals surface area contributed by atoms with Gasteiger partial charge in [0.2, 0.25) is 0 Å². The summed E-state index contributed by atoms with van der Waals surface area (Å²) in [5.74, 6) is -1.39. The van der Waals surface area contributed by atoms with Crippen LogP contribution in [0.25, 0.3) is 0 Å². The van der Waals surface area contributed by atoms with Crippen molar-refractivity contribution in [2.75, 3.05) is 17.9 Å². The second-order valence-corrected chi connectivity index (χ2v) is 12.2. The number of phenols is 1. The number of hydrazine groups is 1. The Hall–Kier alpha value is -4.02. The van der Waals surface area contributed by atoms with Crippen molar-refractivity contribution < 1.29 is 24.6 Å². The van der Waals surface area contributed by atoms with Crippen molar-refractivity contribution in [3.8, 4) is 5.75 Å².